The Kier molecular flexibility index (Phi) is 8.20. The molecule has 1 aliphatic carbocycles. The molecule has 0 spiro atoms. The summed E-state index contributed by atoms with van der Waals surface area (Å²) in [6, 6.07) is 11.8. The van der Waals surface area contributed by atoms with Gasteiger partial charge in [-0.05, 0) is 44.4 Å². The van der Waals surface area contributed by atoms with Crippen LogP contribution in [0.3, 0.4) is 0 Å². The van der Waals surface area contributed by atoms with Crippen molar-refractivity contribution in [2.75, 3.05) is 21.3 Å². The van der Waals surface area contributed by atoms with E-state index in [2.05, 4.69) is 5.32 Å². The molecular weight excluding hydrogens is 420 g/mol. The topological polar surface area (TPSA) is 77.1 Å². The summed E-state index contributed by atoms with van der Waals surface area (Å²) in [4.78, 5) is 29.1. The molecule has 3 rings (SSSR count). The van der Waals surface area contributed by atoms with Crippen molar-refractivity contribution in [2.24, 2.45) is 0 Å². The molecule has 1 fully saturated rings. The molecule has 178 valence electrons. The first-order valence-electron chi connectivity index (χ1n) is 11.4. The summed E-state index contributed by atoms with van der Waals surface area (Å²) < 4.78 is 16.3. The summed E-state index contributed by atoms with van der Waals surface area (Å²) >= 11 is 0. The summed E-state index contributed by atoms with van der Waals surface area (Å²) in [5, 5.41) is 3.18. The predicted molar refractivity (Wildman–Crippen MR) is 127 cm³/mol. The molecule has 0 radical (unpaired) electrons. The number of carbonyl (C=O) groups is 2. The maximum atomic E-state index is 13.9. The summed E-state index contributed by atoms with van der Waals surface area (Å²) in [7, 11) is 4.53. The average Bonchev–Trinajstić information content (AvgIpc) is 3.34. The normalized spacial score (nSPS) is 14.6. The van der Waals surface area contributed by atoms with Gasteiger partial charge in [0, 0.05) is 17.6 Å². The van der Waals surface area contributed by atoms with Crippen LogP contribution in [-0.4, -0.2) is 50.1 Å². The van der Waals surface area contributed by atoms with E-state index >= 15 is 0 Å². The summed E-state index contributed by atoms with van der Waals surface area (Å²) in [6.45, 7) is 3.82. The number of hydrogen-bond donors (Lipinski definition) is 1. The van der Waals surface area contributed by atoms with E-state index in [-0.39, 0.29) is 23.9 Å². The van der Waals surface area contributed by atoms with E-state index in [0.717, 1.165) is 31.2 Å². The second kappa shape index (κ2) is 11.1. The quantitative estimate of drug-likeness (QED) is 0.609. The Hall–Kier alpha value is -3.22. The Labute approximate surface area is 196 Å². The zero-order valence-corrected chi connectivity index (χ0v) is 20.1. The van der Waals surface area contributed by atoms with Crippen molar-refractivity contribution in [3.63, 3.8) is 0 Å². The second-order valence-electron chi connectivity index (χ2n) is 8.52. The van der Waals surface area contributed by atoms with Crippen molar-refractivity contribution in [3.8, 4) is 17.2 Å². The number of nitrogens with one attached hydrogen (secondary N) is 1. The van der Waals surface area contributed by atoms with Crippen LogP contribution in [0.15, 0.2) is 42.5 Å². The molecule has 2 aromatic carbocycles. The lowest BCUT2D eigenvalue weighted by atomic mass is 10.00. The maximum Gasteiger partial charge on any atom is 0.255 e. The maximum absolute atomic E-state index is 13.9. The molecule has 2 aromatic rings. The minimum absolute atomic E-state index is 0.147. The fourth-order valence-electron chi connectivity index (χ4n) is 4.43. The first-order chi connectivity index (χ1) is 15.9. The van der Waals surface area contributed by atoms with Crippen molar-refractivity contribution in [3.05, 3.63) is 53.6 Å². The van der Waals surface area contributed by atoms with E-state index in [1.54, 1.807) is 17.0 Å². The highest BCUT2D eigenvalue weighted by Crippen LogP contribution is 2.39. The molecule has 0 unspecified atom stereocenters. The molecular formula is C26H34N2O5. The number of nitrogens with zero attached hydrogens (tertiary/aromatic N) is 1. The van der Waals surface area contributed by atoms with Crippen molar-refractivity contribution in [1.29, 1.82) is 0 Å². The molecule has 0 saturated heterocycles. The Morgan fingerprint density at radius 3 is 2.00 bits per heavy atom. The van der Waals surface area contributed by atoms with Crippen LogP contribution in [0.5, 0.6) is 17.2 Å². The molecule has 0 aliphatic heterocycles. The van der Waals surface area contributed by atoms with Gasteiger partial charge >= 0.3 is 0 Å². The van der Waals surface area contributed by atoms with Crippen LogP contribution in [0.1, 0.15) is 61.5 Å². The van der Waals surface area contributed by atoms with Crippen molar-refractivity contribution in [2.45, 2.75) is 57.7 Å². The van der Waals surface area contributed by atoms with Crippen LogP contribution in [-0.2, 0) is 4.79 Å². The van der Waals surface area contributed by atoms with Gasteiger partial charge in [0.15, 0.2) is 11.5 Å². The van der Waals surface area contributed by atoms with Crippen LogP contribution in [0.2, 0.25) is 0 Å². The van der Waals surface area contributed by atoms with Gasteiger partial charge in [-0.25, -0.2) is 0 Å². The number of ether oxygens (including phenoxy) is 3. The molecule has 0 heterocycles. The lowest BCUT2D eigenvalue weighted by Crippen LogP contribution is -2.48. The third kappa shape index (κ3) is 5.41. The van der Waals surface area contributed by atoms with Gasteiger partial charge in [0.25, 0.3) is 5.91 Å². The minimum Gasteiger partial charge on any atom is -0.493 e. The van der Waals surface area contributed by atoms with E-state index in [9.17, 15) is 9.59 Å². The molecule has 0 bridgehead atoms. The van der Waals surface area contributed by atoms with Crippen molar-refractivity contribution >= 4 is 11.8 Å². The predicted octanol–water partition coefficient (Wildman–Crippen LogP) is 4.36. The monoisotopic (exact) mass is 454 g/mol. The molecule has 7 heteroatoms. The number of hydrogen-bond acceptors (Lipinski definition) is 5. The Balaban J connectivity index is 2.04. The molecule has 7 nitrogen and oxygen atoms in total. The molecule has 1 atom stereocenters. The Morgan fingerprint density at radius 2 is 1.52 bits per heavy atom. The lowest BCUT2D eigenvalue weighted by Gasteiger charge is -2.35. The molecule has 1 aliphatic rings. The first kappa shape index (κ1) is 24.4. The van der Waals surface area contributed by atoms with E-state index in [4.69, 9.17) is 14.2 Å². The highest BCUT2D eigenvalue weighted by Gasteiger charge is 2.35. The molecule has 2 amide bonds. The number of benzene rings is 2. The summed E-state index contributed by atoms with van der Waals surface area (Å²) in [5.74, 6) is 0.722. The van der Waals surface area contributed by atoms with Crippen molar-refractivity contribution < 1.29 is 23.8 Å². The van der Waals surface area contributed by atoms with Crippen LogP contribution >= 0.6 is 0 Å². The first-order valence-corrected chi connectivity index (χ1v) is 11.4. The third-order valence-electron chi connectivity index (χ3n) is 6.05. The standard InChI is InChI=1S/C26H34N2O5/c1-17(2)28(26(30)19-15-21(31-3)24(33-5)22(16-19)32-4)23(18-11-7-6-8-12-18)25(29)27-20-13-9-10-14-20/h6-8,11-12,15-17,20,23H,9-10,13-14H2,1-5H3,(H,27,29)/t23-/m0/s1. The Morgan fingerprint density at radius 1 is 0.939 bits per heavy atom. The van der Waals surface area contributed by atoms with Crippen molar-refractivity contribution in [1.82, 2.24) is 10.2 Å². The average molecular weight is 455 g/mol. The van der Waals surface area contributed by atoms with E-state index in [0.29, 0.717) is 22.8 Å². The highest BCUT2D eigenvalue weighted by atomic mass is 16.5. The SMILES string of the molecule is COc1cc(C(=O)N(C(C)C)[C@H](C(=O)NC2CCCC2)c2ccccc2)cc(OC)c1OC. The smallest absolute Gasteiger partial charge is 0.255 e. The van der Waals surface area contributed by atoms with Gasteiger partial charge in [0.1, 0.15) is 6.04 Å². The van der Waals surface area contributed by atoms with E-state index in [1.165, 1.54) is 21.3 Å². The highest BCUT2D eigenvalue weighted by molar-refractivity contribution is 5.99. The number of rotatable bonds is 9. The zero-order valence-electron chi connectivity index (χ0n) is 20.1. The van der Waals surface area contributed by atoms with Gasteiger partial charge in [-0.15, -0.1) is 0 Å². The van der Waals surface area contributed by atoms with Gasteiger partial charge in [-0.3, -0.25) is 9.59 Å². The molecule has 1 N–H and O–H groups in total. The van der Waals surface area contributed by atoms with Crippen LogP contribution < -0.4 is 19.5 Å². The third-order valence-corrected chi connectivity index (χ3v) is 6.05. The summed E-state index contributed by atoms with van der Waals surface area (Å²) in [6.07, 6.45) is 4.16. The van der Waals surface area contributed by atoms with Crippen LogP contribution in [0, 0.1) is 0 Å². The number of amides is 2. The molecule has 1 saturated carbocycles. The fourth-order valence-corrected chi connectivity index (χ4v) is 4.43. The lowest BCUT2D eigenvalue weighted by molar-refractivity contribution is -0.127. The van der Waals surface area contributed by atoms with Crippen LogP contribution in [0.25, 0.3) is 0 Å². The van der Waals surface area contributed by atoms with E-state index in [1.807, 2.05) is 44.2 Å². The Bertz CT molecular complexity index is 929. The number of methoxy groups -OCH3 is 3. The fraction of sp³-hybridized carbons (Fsp3) is 0.462. The van der Waals surface area contributed by atoms with Gasteiger partial charge < -0.3 is 24.4 Å². The van der Waals surface area contributed by atoms with Gasteiger partial charge in [0.2, 0.25) is 11.7 Å². The van der Waals surface area contributed by atoms with Gasteiger partial charge in [-0.2, -0.15) is 0 Å². The molecule has 33 heavy (non-hydrogen) atoms. The minimum atomic E-state index is -0.765. The second-order valence-corrected chi connectivity index (χ2v) is 8.52. The zero-order chi connectivity index (χ0) is 24.0. The van der Waals surface area contributed by atoms with E-state index < -0.39 is 6.04 Å². The van der Waals surface area contributed by atoms with Gasteiger partial charge in [0.05, 0.1) is 21.3 Å². The summed E-state index contributed by atoms with van der Waals surface area (Å²) in [5.41, 5.74) is 1.12. The van der Waals surface area contributed by atoms with Crippen LogP contribution in [0.4, 0.5) is 0 Å². The number of carbonyl (C=O) groups excluding carboxylic acids is 2. The molecule has 0 aromatic heterocycles. The largest absolute Gasteiger partial charge is 0.493 e. The van der Waals surface area contributed by atoms with Gasteiger partial charge in [-0.1, -0.05) is 43.2 Å².